The maximum Gasteiger partial charge on any atom is 0.258 e. The number of anilines is 1. The van der Waals surface area contributed by atoms with E-state index in [0.717, 1.165) is 5.56 Å². The molecule has 0 aliphatic carbocycles. The number of hydrogen-bond acceptors (Lipinski definition) is 2. The van der Waals surface area contributed by atoms with Crippen molar-refractivity contribution in [3.63, 3.8) is 0 Å². The molecule has 0 atom stereocenters. The number of aromatic hydroxyl groups is 1. The largest absolute Gasteiger partial charge is 0.508 e. The molecule has 0 saturated carbocycles. The van der Waals surface area contributed by atoms with Crippen LogP contribution in [0, 0.1) is 12.7 Å². The van der Waals surface area contributed by atoms with Gasteiger partial charge >= 0.3 is 0 Å². The highest BCUT2D eigenvalue weighted by molar-refractivity contribution is 6.07. The average molecular weight is 273 g/mol. The predicted molar refractivity (Wildman–Crippen MR) is 76.6 cm³/mol. The Hall–Kier alpha value is -2.36. The lowest BCUT2D eigenvalue weighted by Gasteiger charge is -2.22. The van der Waals surface area contributed by atoms with Gasteiger partial charge in [0, 0.05) is 23.9 Å². The van der Waals surface area contributed by atoms with Crippen molar-refractivity contribution >= 4 is 11.6 Å². The summed E-state index contributed by atoms with van der Waals surface area (Å²) in [7, 11) is 0. The van der Waals surface area contributed by atoms with Crippen LogP contribution in [0.15, 0.2) is 42.5 Å². The Morgan fingerprint density at radius 1 is 1.25 bits per heavy atom. The highest BCUT2D eigenvalue weighted by Crippen LogP contribution is 2.23. The summed E-state index contributed by atoms with van der Waals surface area (Å²) in [5, 5.41) is 9.51. The SMILES string of the molecule is CCN(C(=O)c1cc(F)ccc1C)c1cccc(O)c1. The normalized spacial score (nSPS) is 10.3. The van der Waals surface area contributed by atoms with Gasteiger partial charge in [-0.3, -0.25) is 4.79 Å². The zero-order chi connectivity index (χ0) is 14.7. The number of phenols is 1. The fraction of sp³-hybridized carbons (Fsp3) is 0.188. The summed E-state index contributed by atoms with van der Waals surface area (Å²) in [4.78, 5) is 14.0. The van der Waals surface area contributed by atoms with E-state index in [-0.39, 0.29) is 11.7 Å². The Bertz CT molecular complexity index is 640. The van der Waals surface area contributed by atoms with Crippen molar-refractivity contribution in [3.8, 4) is 5.75 Å². The topological polar surface area (TPSA) is 40.5 Å². The van der Waals surface area contributed by atoms with Crippen molar-refractivity contribution in [1.82, 2.24) is 0 Å². The van der Waals surface area contributed by atoms with E-state index in [0.29, 0.717) is 17.8 Å². The van der Waals surface area contributed by atoms with Gasteiger partial charge in [0.05, 0.1) is 0 Å². The molecule has 2 rings (SSSR count). The van der Waals surface area contributed by atoms with Gasteiger partial charge in [0.25, 0.3) is 5.91 Å². The standard InChI is InChI=1S/C16H16FNO2/c1-3-18(13-5-4-6-14(19)10-13)16(20)15-9-12(17)8-7-11(15)2/h4-10,19H,3H2,1-2H3. The smallest absolute Gasteiger partial charge is 0.258 e. The Labute approximate surface area is 117 Å². The van der Waals surface area contributed by atoms with E-state index in [2.05, 4.69) is 0 Å². The second-order valence-electron chi connectivity index (χ2n) is 4.53. The molecule has 0 bridgehead atoms. The van der Waals surface area contributed by atoms with Gasteiger partial charge in [-0.25, -0.2) is 4.39 Å². The number of hydrogen-bond donors (Lipinski definition) is 1. The Morgan fingerprint density at radius 3 is 2.65 bits per heavy atom. The zero-order valence-corrected chi connectivity index (χ0v) is 11.4. The molecule has 4 heteroatoms. The summed E-state index contributed by atoms with van der Waals surface area (Å²) >= 11 is 0. The monoisotopic (exact) mass is 273 g/mol. The van der Waals surface area contributed by atoms with Crippen molar-refractivity contribution in [2.45, 2.75) is 13.8 Å². The molecule has 20 heavy (non-hydrogen) atoms. The molecule has 3 nitrogen and oxygen atoms in total. The van der Waals surface area contributed by atoms with Crippen molar-refractivity contribution in [2.24, 2.45) is 0 Å². The minimum absolute atomic E-state index is 0.0877. The van der Waals surface area contributed by atoms with E-state index in [4.69, 9.17) is 0 Å². The fourth-order valence-corrected chi connectivity index (χ4v) is 2.07. The molecule has 0 aliphatic heterocycles. The number of nitrogens with zero attached hydrogens (tertiary/aromatic N) is 1. The third-order valence-electron chi connectivity index (χ3n) is 3.13. The van der Waals surface area contributed by atoms with Crippen molar-refractivity contribution in [1.29, 1.82) is 0 Å². The molecule has 0 aromatic heterocycles. The Kier molecular flexibility index (Phi) is 4.03. The summed E-state index contributed by atoms with van der Waals surface area (Å²) in [5.74, 6) is -0.634. The number of carbonyl (C=O) groups excluding carboxylic acids is 1. The molecule has 0 spiro atoms. The highest BCUT2D eigenvalue weighted by Gasteiger charge is 2.18. The number of phenolic OH excluding ortho intramolecular Hbond substituents is 1. The molecule has 0 radical (unpaired) electrons. The summed E-state index contributed by atoms with van der Waals surface area (Å²) in [6, 6.07) is 10.6. The molecule has 0 heterocycles. The molecule has 0 unspecified atom stereocenters. The van der Waals surface area contributed by atoms with Crippen LogP contribution in [0.5, 0.6) is 5.75 Å². The predicted octanol–water partition coefficient (Wildman–Crippen LogP) is 3.51. The molecule has 2 aromatic rings. The highest BCUT2D eigenvalue weighted by atomic mass is 19.1. The molecule has 0 aliphatic rings. The molecule has 1 N–H and O–H groups in total. The lowest BCUT2D eigenvalue weighted by Crippen LogP contribution is -2.31. The summed E-state index contributed by atoms with van der Waals surface area (Å²) < 4.78 is 13.3. The van der Waals surface area contributed by atoms with E-state index >= 15 is 0 Å². The lowest BCUT2D eigenvalue weighted by atomic mass is 10.1. The number of halogens is 1. The second kappa shape index (κ2) is 5.74. The maximum atomic E-state index is 13.3. The number of rotatable bonds is 3. The van der Waals surface area contributed by atoms with Gasteiger partial charge in [-0.1, -0.05) is 12.1 Å². The minimum Gasteiger partial charge on any atom is -0.508 e. The molecular weight excluding hydrogens is 257 g/mol. The molecule has 1 amide bonds. The van der Waals surface area contributed by atoms with Gasteiger partial charge in [-0.05, 0) is 43.7 Å². The third kappa shape index (κ3) is 2.79. The zero-order valence-electron chi connectivity index (χ0n) is 11.4. The van der Waals surface area contributed by atoms with E-state index in [9.17, 15) is 14.3 Å². The van der Waals surface area contributed by atoms with Crippen LogP contribution in [0.3, 0.4) is 0 Å². The number of benzene rings is 2. The van der Waals surface area contributed by atoms with E-state index in [1.165, 1.54) is 29.2 Å². The average Bonchev–Trinajstić information content (AvgIpc) is 2.42. The quantitative estimate of drug-likeness (QED) is 0.929. The molecule has 0 saturated heterocycles. The van der Waals surface area contributed by atoms with E-state index in [1.807, 2.05) is 6.92 Å². The fourth-order valence-electron chi connectivity index (χ4n) is 2.07. The van der Waals surface area contributed by atoms with E-state index < -0.39 is 5.82 Å². The van der Waals surface area contributed by atoms with Gasteiger partial charge in [-0.2, -0.15) is 0 Å². The molecule has 0 fully saturated rings. The Morgan fingerprint density at radius 2 is 2.00 bits per heavy atom. The van der Waals surface area contributed by atoms with Crippen LogP contribution in [0.25, 0.3) is 0 Å². The lowest BCUT2D eigenvalue weighted by molar-refractivity contribution is 0.0987. The van der Waals surface area contributed by atoms with Gasteiger partial charge in [-0.15, -0.1) is 0 Å². The summed E-state index contributed by atoms with van der Waals surface area (Å²) in [6.45, 7) is 4.03. The molecule has 2 aromatic carbocycles. The van der Waals surface area contributed by atoms with Crippen molar-refractivity contribution in [3.05, 3.63) is 59.4 Å². The number of aryl methyl sites for hydroxylation is 1. The van der Waals surface area contributed by atoms with E-state index in [1.54, 1.807) is 25.1 Å². The van der Waals surface area contributed by atoms with Crippen LogP contribution >= 0.6 is 0 Å². The second-order valence-corrected chi connectivity index (χ2v) is 4.53. The van der Waals surface area contributed by atoms with Gasteiger partial charge < -0.3 is 10.0 Å². The van der Waals surface area contributed by atoms with Gasteiger partial charge in [0.1, 0.15) is 11.6 Å². The van der Waals surface area contributed by atoms with Gasteiger partial charge in [0.2, 0.25) is 0 Å². The van der Waals surface area contributed by atoms with Crippen LogP contribution in [-0.2, 0) is 0 Å². The van der Waals surface area contributed by atoms with Crippen LogP contribution in [0.4, 0.5) is 10.1 Å². The van der Waals surface area contributed by atoms with Crippen LogP contribution in [0.1, 0.15) is 22.8 Å². The molecular formula is C16H16FNO2. The third-order valence-corrected chi connectivity index (χ3v) is 3.13. The first kappa shape index (κ1) is 14.1. The van der Waals surface area contributed by atoms with Crippen LogP contribution in [-0.4, -0.2) is 17.6 Å². The summed E-state index contributed by atoms with van der Waals surface area (Å²) in [5.41, 5.74) is 1.63. The first-order valence-electron chi connectivity index (χ1n) is 6.40. The maximum absolute atomic E-state index is 13.3. The molecule has 104 valence electrons. The van der Waals surface area contributed by atoms with Crippen molar-refractivity contribution in [2.75, 3.05) is 11.4 Å². The first-order valence-corrected chi connectivity index (χ1v) is 6.40. The number of carbonyl (C=O) groups is 1. The van der Waals surface area contributed by atoms with Crippen LogP contribution in [0.2, 0.25) is 0 Å². The van der Waals surface area contributed by atoms with Crippen molar-refractivity contribution < 1.29 is 14.3 Å². The number of amides is 1. The summed E-state index contributed by atoms with van der Waals surface area (Å²) in [6.07, 6.45) is 0. The minimum atomic E-state index is -0.439. The van der Waals surface area contributed by atoms with Gasteiger partial charge in [0.15, 0.2) is 0 Å². The first-order chi connectivity index (χ1) is 9.52. The van der Waals surface area contributed by atoms with Crippen LogP contribution < -0.4 is 4.90 Å². The Balaban J connectivity index is 2.41.